The maximum Gasteiger partial charge on any atom is 0.0908 e. The highest BCUT2D eigenvalue weighted by atomic mass is 14.4. The summed E-state index contributed by atoms with van der Waals surface area (Å²) in [5, 5.41) is 8.34. The van der Waals surface area contributed by atoms with Gasteiger partial charge in [0, 0.05) is 6.08 Å². The molecule has 0 aromatic rings. The van der Waals surface area contributed by atoms with E-state index in [2.05, 4.69) is 18.2 Å². The lowest BCUT2D eigenvalue weighted by atomic mass is 9.93. The summed E-state index contributed by atoms with van der Waals surface area (Å²) in [5.74, 6) is 2.21. The summed E-state index contributed by atoms with van der Waals surface area (Å²) in [4.78, 5) is 0. The van der Waals surface area contributed by atoms with Crippen molar-refractivity contribution in [2.75, 3.05) is 0 Å². The Morgan fingerprint density at radius 2 is 2.27 bits per heavy atom. The normalized spacial score (nSPS) is 40.1. The van der Waals surface area contributed by atoms with Crippen molar-refractivity contribution in [3.63, 3.8) is 0 Å². The van der Waals surface area contributed by atoms with E-state index >= 15 is 0 Å². The molecule has 0 saturated heterocycles. The number of hydrogen-bond acceptors (Lipinski definition) is 1. The lowest BCUT2D eigenvalue weighted by molar-refractivity contribution is 0.550. The summed E-state index contributed by atoms with van der Waals surface area (Å²) >= 11 is 0. The first-order chi connectivity index (χ1) is 5.40. The van der Waals surface area contributed by atoms with Crippen LogP contribution in [0, 0.1) is 29.1 Å². The van der Waals surface area contributed by atoms with Crippen molar-refractivity contribution in [1.29, 1.82) is 5.26 Å². The highest BCUT2D eigenvalue weighted by molar-refractivity contribution is 5.16. The third-order valence-corrected chi connectivity index (χ3v) is 2.75. The fourth-order valence-electron chi connectivity index (χ4n) is 2.21. The van der Waals surface area contributed by atoms with Gasteiger partial charge in [0.15, 0.2) is 0 Å². The van der Waals surface area contributed by atoms with Crippen LogP contribution < -0.4 is 0 Å². The van der Waals surface area contributed by atoms with E-state index in [4.69, 9.17) is 5.26 Å². The second kappa shape index (κ2) is 2.54. The van der Waals surface area contributed by atoms with Crippen molar-refractivity contribution in [1.82, 2.24) is 0 Å². The molecule has 2 rings (SSSR count). The second-order valence-electron chi connectivity index (χ2n) is 3.43. The molecule has 0 aromatic carbocycles. The molecule has 0 aromatic heterocycles. The van der Waals surface area contributed by atoms with Gasteiger partial charge in [0.1, 0.15) is 0 Å². The van der Waals surface area contributed by atoms with Crippen molar-refractivity contribution in [3.05, 3.63) is 24.3 Å². The molecular weight excluding hydrogens is 134 g/mol. The van der Waals surface area contributed by atoms with Gasteiger partial charge in [0.2, 0.25) is 0 Å². The van der Waals surface area contributed by atoms with Gasteiger partial charge < -0.3 is 0 Å². The molecule has 1 nitrogen and oxygen atoms in total. The molecule has 1 heteroatoms. The van der Waals surface area contributed by atoms with E-state index in [1.54, 1.807) is 6.08 Å². The van der Waals surface area contributed by atoms with Crippen molar-refractivity contribution < 1.29 is 0 Å². The molecular formula is C10H11N. The third-order valence-electron chi connectivity index (χ3n) is 2.75. The number of allylic oxidation sites excluding steroid dienone is 4. The predicted octanol–water partition coefficient (Wildman–Crippen LogP) is 2.28. The lowest BCUT2D eigenvalue weighted by Gasteiger charge is -2.11. The zero-order valence-electron chi connectivity index (χ0n) is 6.40. The van der Waals surface area contributed by atoms with Crippen LogP contribution in [0.1, 0.15) is 12.8 Å². The number of nitriles is 1. The molecule has 0 radical (unpaired) electrons. The summed E-state index contributed by atoms with van der Waals surface area (Å²) in [5.41, 5.74) is 0. The molecule has 0 aliphatic heterocycles. The molecule has 1 saturated carbocycles. The fraction of sp³-hybridized carbons (Fsp3) is 0.500. The summed E-state index contributed by atoms with van der Waals surface area (Å²) in [6.07, 6.45) is 10.9. The quantitative estimate of drug-likeness (QED) is 0.410. The molecule has 1 fully saturated rings. The molecule has 56 valence electrons. The van der Waals surface area contributed by atoms with Crippen LogP contribution in [0.2, 0.25) is 0 Å². The molecule has 2 bridgehead atoms. The van der Waals surface area contributed by atoms with Gasteiger partial charge in [-0.1, -0.05) is 18.2 Å². The van der Waals surface area contributed by atoms with Crippen LogP contribution in [0.25, 0.3) is 0 Å². The average molecular weight is 145 g/mol. The summed E-state index contributed by atoms with van der Waals surface area (Å²) in [6.45, 7) is 0. The molecule has 0 spiro atoms. The molecule has 0 heterocycles. The first-order valence-corrected chi connectivity index (χ1v) is 4.15. The predicted molar refractivity (Wildman–Crippen MR) is 43.6 cm³/mol. The average Bonchev–Trinajstić information content (AvgIpc) is 2.60. The molecule has 3 unspecified atom stereocenters. The number of fused-ring (bicyclic) bond motifs is 2. The minimum absolute atomic E-state index is 0.657. The highest BCUT2D eigenvalue weighted by Gasteiger charge is 2.33. The van der Waals surface area contributed by atoms with Crippen LogP contribution in [-0.2, 0) is 0 Å². The molecule has 2 aliphatic rings. The van der Waals surface area contributed by atoms with Gasteiger partial charge >= 0.3 is 0 Å². The smallest absolute Gasteiger partial charge is 0.0908 e. The number of hydrogen-bond donors (Lipinski definition) is 0. The zero-order valence-corrected chi connectivity index (χ0v) is 6.40. The van der Waals surface area contributed by atoms with Crippen molar-refractivity contribution in [3.8, 4) is 6.07 Å². The van der Waals surface area contributed by atoms with Gasteiger partial charge in [0.05, 0.1) is 6.07 Å². The Balaban J connectivity index is 2.04. The van der Waals surface area contributed by atoms with Gasteiger partial charge in [-0.2, -0.15) is 5.26 Å². The van der Waals surface area contributed by atoms with Gasteiger partial charge in [-0.25, -0.2) is 0 Å². The van der Waals surface area contributed by atoms with Gasteiger partial charge in [-0.3, -0.25) is 0 Å². The molecule has 11 heavy (non-hydrogen) atoms. The van der Waals surface area contributed by atoms with Crippen LogP contribution in [0.4, 0.5) is 0 Å². The van der Waals surface area contributed by atoms with E-state index < -0.39 is 0 Å². The number of nitrogens with zero attached hydrogens (tertiary/aromatic N) is 1. The van der Waals surface area contributed by atoms with Crippen molar-refractivity contribution >= 4 is 0 Å². The Morgan fingerprint density at radius 1 is 1.36 bits per heavy atom. The Morgan fingerprint density at radius 3 is 2.82 bits per heavy atom. The first-order valence-electron chi connectivity index (χ1n) is 4.15. The van der Waals surface area contributed by atoms with Gasteiger partial charge in [0.25, 0.3) is 0 Å². The third kappa shape index (κ3) is 1.09. The SMILES string of the molecule is N#C/C=C/C1CC2C=CC1C2. The van der Waals surface area contributed by atoms with Crippen molar-refractivity contribution in [2.45, 2.75) is 12.8 Å². The maximum absolute atomic E-state index is 8.34. The minimum atomic E-state index is 0.657. The largest absolute Gasteiger partial charge is 0.193 e. The van der Waals surface area contributed by atoms with Crippen LogP contribution in [0.5, 0.6) is 0 Å². The number of rotatable bonds is 1. The Kier molecular flexibility index (Phi) is 1.54. The van der Waals surface area contributed by atoms with E-state index in [0.717, 1.165) is 11.8 Å². The van der Waals surface area contributed by atoms with Gasteiger partial charge in [-0.15, -0.1) is 0 Å². The Hall–Kier alpha value is -1.03. The first kappa shape index (κ1) is 6.67. The fourth-order valence-corrected chi connectivity index (χ4v) is 2.21. The van der Waals surface area contributed by atoms with E-state index in [1.807, 2.05) is 6.07 Å². The Labute approximate surface area is 67.0 Å². The van der Waals surface area contributed by atoms with Crippen LogP contribution in [0.3, 0.4) is 0 Å². The second-order valence-corrected chi connectivity index (χ2v) is 3.43. The van der Waals surface area contributed by atoms with Crippen LogP contribution in [-0.4, -0.2) is 0 Å². The van der Waals surface area contributed by atoms with Gasteiger partial charge in [-0.05, 0) is 30.6 Å². The highest BCUT2D eigenvalue weighted by Crippen LogP contribution is 2.43. The summed E-state index contributed by atoms with van der Waals surface area (Å²) in [6, 6.07) is 2.05. The zero-order chi connectivity index (χ0) is 7.68. The molecule has 0 N–H and O–H groups in total. The Bertz CT molecular complexity index is 244. The molecule has 0 amide bonds. The van der Waals surface area contributed by atoms with E-state index in [0.29, 0.717) is 5.92 Å². The monoisotopic (exact) mass is 145 g/mol. The van der Waals surface area contributed by atoms with E-state index in [9.17, 15) is 0 Å². The topological polar surface area (TPSA) is 23.8 Å². The summed E-state index contributed by atoms with van der Waals surface area (Å²) in [7, 11) is 0. The van der Waals surface area contributed by atoms with E-state index in [-0.39, 0.29) is 0 Å². The molecule has 3 atom stereocenters. The van der Waals surface area contributed by atoms with Crippen LogP contribution in [0.15, 0.2) is 24.3 Å². The maximum atomic E-state index is 8.34. The van der Waals surface area contributed by atoms with Crippen molar-refractivity contribution in [2.24, 2.45) is 17.8 Å². The van der Waals surface area contributed by atoms with E-state index in [1.165, 1.54) is 12.8 Å². The lowest BCUT2D eigenvalue weighted by Crippen LogP contribution is -2.02. The standard InChI is InChI=1S/C10H11N/c11-5-1-2-9-6-8-3-4-10(9)7-8/h1-4,8-10H,6-7H2/b2-1+. The minimum Gasteiger partial charge on any atom is -0.193 e. The molecule has 2 aliphatic carbocycles. The summed E-state index contributed by atoms with van der Waals surface area (Å²) < 4.78 is 0. The van der Waals surface area contributed by atoms with Crippen LogP contribution >= 0.6 is 0 Å².